The van der Waals surface area contributed by atoms with Crippen LogP contribution in [-0.2, 0) is 6.54 Å². The summed E-state index contributed by atoms with van der Waals surface area (Å²) in [5.74, 6) is 0.426. The van der Waals surface area contributed by atoms with Crippen LogP contribution in [0.3, 0.4) is 0 Å². The zero-order chi connectivity index (χ0) is 17.3. The van der Waals surface area contributed by atoms with E-state index in [0.717, 1.165) is 21.8 Å². The van der Waals surface area contributed by atoms with Crippen molar-refractivity contribution in [2.45, 2.75) is 26.1 Å². The van der Waals surface area contributed by atoms with Crippen molar-refractivity contribution in [1.82, 2.24) is 5.32 Å². The van der Waals surface area contributed by atoms with Crippen molar-refractivity contribution in [3.63, 3.8) is 0 Å². The predicted molar refractivity (Wildman–Crippen MR) is 92.5 cm³/mol. The molecule has 0 fully saturated rings. The van der Waals surface area contributed by atoms with Crippen LogP contribution in [0.5, 0.6) is 0 Å². The van der Waals surface area contributed by atoms with Crippen molar-refractivity contribution < 1.29 is 13.2 Å². The number of guanidine groups is 1. The van der Waals surface area contributed by atoms with E-state index >= 15 is 0 Å². The van der Waals surface area contributed by atoms with Crippen LogP contribution in [0, 0.1) is 6.92 Å². The number of halogens is 4. The second-order valence-corrected chi connectivity index (χ2v) is 6.88. The Bertz CT molecular complexity index is 753. The Morgan fingerprint density at radius 1 is 1.29 bits per heavy atom. The largest absolute Gasteiger partial charge is 0.390 e. The Labute approximate surface area is 146 Å². The molecule has 0 amide bonds. The number of benzene rings is 1. The maximum atomic E-state index is 12.4. The van der Waals surface area contributed by atoms with Gasteiger partial charge in [-0.15, -0.1) is 11.3 Å². The molecule has 0 atom stereocenters. The van der Waals surface area contributed by atoms with Crippen LogP contribution in [-0.4, -0.2) is 18.7 Å². The second kappa shape index (κ2) is 6.64. The average Bonchev–Trinajstić information content (AvgIpc) is 2.87. The fourth-order valence-electron chi connectivity index (χ4n) is 2.42. The minimum atomic E-state index is -4.20. The van der Waals surface area contributed by atoms with E-state index in [2.05, 4.69) is 10.3 Å². The molecule has 0 saturated carbocycles. The van der Waals surface area contributed by atoms with Crippen molar-refractivity contribution in [3.8, 4) is 0 Å². The second-order valence-electron chi connectivity index (χ2n) is 5.48. The highest BCUT2D eigenvalue weighted by atomic mass is 35.5. The summed E-state index contributed by atoms with van der Waals surface area (Å²) in [5, 5.41) is 5.44. The zero-order valence-electron chi connectivity index (χ0n) is 12.8. The summed E-state index contributed by atoms with van der Waals surface area (Å²) in [5.41, 5.74) is 2.70. The molecule has 1 aromatic carbocycles. The van der Waals surface area contributed by atoms with Crippen LogP contribution in [0.25, 0.3) is 0 Å². The van der Waals surface area contributed by atoms with Crippen molar-refractivity contribution >= 4 is 40.3 Å². The van der Waals surface area contributed by atoms with Gasteiger partial charge in [0, 0.05) is 17.3 Å². The number of aryl methyl sites for hydroxylation is 1. The molecule has 3 rings (SSSR count). The van der Waals surface area contributed by atoms with Gasteiger partial charge in [0.05, 0.1) is 23.5 Å². The van der Waals surface area contributed by atoms with Crippen LogP contribution < -0.4 is 10.2 Å². The number of rotatable bonds is 3. The Morgan fingerprint density at radius 2 is 2.00 bits per heavy atom. The molecule has 0 unspecified atom stereocenters. The fourth-order valence-corrected chi connectivity index (χ4v) is 3.50. The van der Waals surface area contributed by atoms with Gasteiger partial charge >= 0.3 is 6.18 Å². The molecule has 2 heterocycles. The lowest BCUT2D eigenvalue weighted by atomic mass is 10.2. The summed E-state index contributed by atoms with van der Waals surface area (Å²) in [7, 11) is 0. The molecule has 8 heteroatoms. The van der Waals surface area contributed by atoms with Gasteiger partial charge in [0.2, 0.25) is 5.96 Å². The van der Waals surface area contributed by atoms with Gasteiger partial charge < -0.3 is 10.2 Å². The van der Waals surface area contributed by atoms with Crippen molar-refractivity contribution in [2.24, 2.45) is 4.99 Å². The van der Waals surface area contributed by atoms with Crippen LogP contribution in [0.1, 0.15) is 16.9 Å². The Morgan fingerprint density at radius 3 is 2.67 bits per heavy atom. The van der Waals surface area contributed by atoms with E-state index in [4.69, 9.17) is 11.6 Å². The number of aliphatic imine (C=N–C) groups is 1. The summed E-state index contributed by atoms with van der Waals surface area (Å²) in [6.45, 7) is 2.29. The van der Waals surface area contributed by atoms with Gasteiger partial charge in [-0.25, -0.2) is 4.99 Å². The van der Waals surface area contributed by atoms with Gasteiger partial charge in [-0.05, 0) is 42.1 Å². The van der Waals surface area contributed by atoms with Gasteiger partial charge in [-0.2, -0.15) is 13.2 Å². The van der Waals surface area contributed by atoms with Crippen LogP contribution in [0.4, 0.5) is 24.5 Å². The monoisotopic (exact) mass is 373 g/mol. The lowest BCUT2D eigenvalue weighted by Gasteiger charge is -2.30. The molecule has 0 aliphatic carbocycles. The third kappa shape index (κ3) is 3.84. The van der Waals surface area contributed by atoms with Crippen LogP contribution in [0.15, 0.2) is 34.6 Å². The first-order valence-electron chi connectivity index (χ1n) is 7.33. The standard InChI is InChI=1S/C16H15ClF3N3S/c1-10-9-24-13-8-23(12-4-2-11(17)3-5-12)15(22-14(10)13)21-7-6-16(18,19)20/h2-5,9H,6-8H2,1H3,(H,21,22). The minimum Gasteiger partial charge on any atom is -0.355 e. The van der Waals surface area contributed by atoms with E-state index in [1.165, 1.54) is 0 Å². The number of hydrogen-bond donors (Lipinski definition) is 1. The highest BCUT2D eigenvalue weighted by Crippen LogP contribution is 2.36. The molecule has 1 aliphatic rings. The Balaban J connectivity index is 1.87. The van der Waals surface area contributed by atoms with E-state index in [0.29, 0.717) is 17.5 Å². The Hall–Kier alpha value is -1.73. The lowest BCUT2D eigenvalue weighted by Crippen LogP contribution is -2.43. The average molecular weight is 374 g/mol. The van der Waals surface area contributed by atoms with E-state index in [1.807, 2.05) is 29.3 Å². The summed E-state index contributed by atoms with van der Waals surface area (Å²) >= 11 is 7.52. The van der Waals surface area contributed by atoms with E-state index in [1.54, 1.807) is 23.5 Å². The van der Waals surface area contributed by atoms with Gasteiger partial charge in [-0.1, -0.05) is 11.6 Å². The first-order valence-corrected chi connectivity index (χ1v) is 8.58. The number of alkyl halides is 3. The number of anilines is 1. The van der Waals surface area contributed by atoms with Crippen molar-refractivity contribution in [2.75, 3.05) is 11.4 Å². The van der Waals surface area contributed by atoms with Gasteiger partial charge in [0.1, 0.15) is 0 Å². The maximum Gasteiger partial charge on any atom is 0.390 e. The van der Waals surface area contributed by atoms with Crippen molar-refractivity contribution in [3.05, 3.63) is 45.1 Å². The highest BCUT2D eigenvalue weighted by molar-refractivity contribution is 7.10. The molecule has 1 N–H and O–H groups in total. The number of fused-ring (bicyclic) bond motifs is 1. The predicted octanol–water partition coefficient (Wildman–Crippen LogP) is 5.26. The number of nitrogens with zero attached hydrogens (tertiary/aromatic N) is 2. The topological polar surface area (TPSA) is 27.6 Å². The first-order chi connectivity index (χ1) is 11.3. The fraction of sp³-hybridized carbons (Fsp3) is 0.312. The third-order valence-electron chi connectivity index (χ3n) is 3.62. The molecule has 0 saturated heterocycles. The van der Waals surface area contributed by atoms with Crippen molar-refractivity contribution in [1.29, 1.82) is 0 Å². The van der Waals surface area contributed by atoms with E-state index < -0.39 is 12.6 Å². The molecule has 0 radical (unpaired) electrons. The molecule has 24 heavy (non-hydrogen) atoms. The number of nitrogens with one attached hydrogen (secondary N) is 1. The minimum absolute atomic E-state index is 0.217. The Kier molecular flexibility index (Phi) is 4.73. The quantitative estimate of drug-likeness (QED) is 0.794. The summed E-state index contributed by atoms with van der Waals surface area (Å²) < 4.78 is 37.3. The number of hydrogen-bond acceptors (Lipinski definition) is 4. The molecule has 1 aromatic heterocycles. The first kappa shape index (κ1) is 17.1. The summed E-state index contributed by atoms with van der Waals surface area (Å²) in [6, 6.07) is 7.16. The lowest BCUT2D eigenvalue weighted by molar-refractivity contribution is -0.132. The van der Waals surface area contributed by atoms with E-state index in [9.17, 15) is 13.2 Å². The maximum absolute atomic E-state index is 12.4. The summed E-state index contributed by atoms with van der Waals surface area (Å²) in [4.78, 5) is 7.50. The third-order valence-corrected chi connectivity index (χ3v) is 4.95. The van der Waals surface area contributed by atoms with Crippen LogP contribution in [0.2, 0.25) is 5.02 Å². The normalized spacial score (nSPS) is 14.4. The molecule has 2 aromatic rings. The van der Waals surface area contributed by atoms with E-state index in [-0.39, 0.29) is 6.54 Å². The molecular weight excluding hydrogens is 359 g/mol. The number of thiophene rings is 1. The smallest absolute Gasteiger partial charge is 0.355 e. The highest BCUT2D eigenvalue weighted by Gasteiger charge is 2.28. The molecule has 1 aliphatic heterocycles. The molecule has 3 nitrogen and oxygen atoms in total. The summed E-state index contributed by atoms with van der Waals surface area (Å²) in [6.07, 6.45) is -5.10. The van der Waals surface area contributed by atoms with Gasteiger partial charge in [0.25, 0.3) is 0 Å². The molecule has 0 spiro atoms. The zero-order valence-corrected chi connectivity index (χ0v) is 14.4. The molecular formula is C16H15ClF3N3S. The van der Waals surface area contributed by atoms with Crippen LogP contribution >= 0.6 is 22.9 Å². The molecule has 128 valence electrons. The van der Waals surface area contributed by atoms with Gasteiger partial charge in [-0.3, -0.25) is 0 Å². The van der Waals surface area contributed by atoms with Gasteiger partial charge in [0.15, 0.2) is 0 Å². The SMILES string of the molecule is Cc1csc2c1N=C(NCCC(F)(F)F)N(c1ccc(Cl)cc1)C2. The molecule has 0 bridgehead atoms.